The van der Waals surface area contributed by atoms with Gasteiger partial charge in [-0.25, -0.2) is 4.98 Å². The molecule has 0 saturated heterocycles. The van der Waals surface area contributed by atoms with Crippen molar-refractivity contribution in [2.45, 2.75) is 6.36 Å². The highest BCUT2D eigenvalue weighted by atomic mass is 19.4. The van der Waals surface area contributed by atoms with E-state index in [0.29, 0.717) is 34.5 Å². The second kappa shape index (κ2) is 7.74. The molecule has 3 N–H and O–H groups in total. The number of nitrogens with one attached hydrogen (secondary N) is 1. The number of nitrogen functional groups attached to an aromatic ring is 1. The number of hydrogen-bond donors (Lipinski definition) is 2. The van der Waals surface area contributed by atoms with Crippen LogP contribution in [0.4, 0.5) is 30.4 Å². The Morgan fingerprint density at radius 1 is 0.933 bits per heavy atom. The molecule has 0 aliphatic heterocycles. The maximum absolute atomic E-state index is 12.2. The molecular weight excluding hydrogens is 399 g/mol. The average molecular weight is 413 g/mol. The fourth-order valence-electron chi connectivity index (χ4n) is 2.61. The Bertz CT molecular complexity index is 1140. The number of aromatic nitrogens is 3. The first-order valence-corrected chi connectivity index (χ1v) is 8.65. The number of benzene rings is 2. The van der Waals surface area contributed by atoms with Crippen molar-refractivity contribution in [3.8, 4) is 28.6 Å². The third kappa shape index (κ3) is 4.66. The Hall–Kier alpha value is -4.08. The van der Waals surface area contributed by atoms with Gasteiger partial charge in [0.05, 0.1) is 0 Å². The van der Waals surface area contributed by atoms with Crippen LogP contribution in [-0.4, -0.2) is 21.5 Å². The third-order valence-corrected chi connectivity index (χ3v) is 3.96. The Morgan fingerprint density at radius 2 is 1.67 bits per heavy atom. The maximum Gasteiger partial charge on any atom is 0.573 e. The van der Waals surface area contributed by atoms with Gasteiger partial charge in [-0.3, -0.25) is 0 Å². The Balaban J connectivity index is 1.50. The third-order valence-electron chi connectivity index (χ3n) is 3.96. The van der Waals surface area contributed by atoms with Crippen molar-refractivity contribution in [2.24, 2.45) is 0 Å². The average Bonchev–Trinajstić information content (AvgIpc) is 3.19. The van der Waals surface area contributed by atoms with Crippen molar-refractivity contribution >= 4 is 17.2 Å². The predicted octanol–water partition coefficient (Wildman–Crippen LogP) is 5.02. The smallest absolute Gasteiger partial charge is 0.406 e. The maximum atomic E-state index is 12.2. The zero-order valence-electron chi connectivity index (χ0n) is 15.2. The standard InChI is InChI=1S/C20H14F3N5O2/c21-20(22,23)29-16-7-5-15(6-8-16)26-17-11-13(9-10-25-17)18-27-19(30-28-18)12-1-3-14(24)4-2-12/h1-11H,24H2,(H,25,26). The first kappa shape index (κ1) is 19.2. The molecule has 0 saturated carbocycles. The molecule has 0 fully saturated rings. The first-order valence-electron chi connectivity index (χ1n) is 8.65. The predicted molar refractivity (Wildman–Crippen MR) is 104 cm³/mol. The molecule has 2 aromatic heterocycles. The first-order chi connectivity index (χ1) is 14.4. The highest BCUT2D eigenvalue weighted by Gasteiger charge is 2.30. The lowest BCUT2D eigenvalue weighted by Crippen LogP contribution is -2.16. The van der Waals surface area contributed by atoms with Crippen molar-refractivity contribution < 1.29 is 22.4 Å². The van der Waals surface area contributed by atoms with Crippen LogP contribution in [0, 0.1) is 0 Å². The minimum absolute atomic E-state index is 0.309. The minimum atomic E-state index is -4.74. The molecule has 0 bridgehead atoms. The molecule has 0 aliphatic rings. The van der Waals surface area contributed by atoms with Gasteiger partial charge >= 0.3 is 6.36 Å². The number of nitrogens with two attached hydrogens (primary N) is 1. The molecule has 10 heteroatoms. The quantitative estimate of drug-likeness (QED) is 0.443. The SMILES string of the molecule is Nc1ccc(-c2nc(-c3ccnc(Nc4ccc(OC(F)(F)F)cc4)c3)no2)cc1. The van der Waals surface area contributed by atoms with Crippen LogP contribution < -0.4 is 15.8 Å². The van der Waals surface area contributed by atoms with Crippen LogP contribution >= 0.6 is 0 Å². The van der Waals surface area contributed by atoms with Crippen LogP contribution in [0.25, 0.3) is 22.8 Å². The molecule has 4 aromatic rings. The van der Waals surface area contributed by atoms with Crippen LogP contribution in [0.5, 0.6) is 5.75 Å². The topological polar surface area (TPSA) is 99.1 Å². The molecule has 2 aromatic carbocycles. The van der Waals surface area contributed by atoms with E-state index in [-0.39, 0.29) is 5.75 Å². The summed E-state index contributed by atoms with van der Waals surface area (Å²) in [5.41, 5.74) is 8.22. The molecule has 0 unspecified atom stereocenters. The van der Waals surface area contributed by atoms with Gasteiger partial charge in [0.15, 0.2) is 0 Å². The van der Waals surface area contributed by atoms with Crippen LogP contribution in [0.3, 0.4) is 0 Å². The summed E-state index contributed by atoms with van der Waals surface area (Å²) < 4.78 is 45.9. The normalized spacial score (nSPS) is 11.3. The van der Waals surface area contributed by atoms with Gasteiger partial charge in [-0.05, 0) is 60.7 Å². The summed E-state index contributed by atoms with van der Waals surface area (Å²) in [6, 6.07) is 15.7. The minimum Gasteiger partial charge on any atom is -0.406 e. The molecule has 7 nitrogen and oxygen atoms in total. The molecule has 0 aliphatic carbocycles. The van der Waals surface area contributed by atoms with Gasteiger partial charge in [-0.1, -0.05) is 5.16 Å². The van der Waals surface area contributed by atoms with E-state index in [1.54, 1.807) is 42.6 Å². The summed E-state index contributed by atoms with van der Waals surface area (Å²) in [6.07, 6.45) is -3.18. The van der Waals surface area contributed by atoms with Crippen LogP contribution in [0.15, 0.2) is 71.4 Å². The van der Waals surface area contributed by atoms with Gasteiger partial charge in [0.2, 0.25) is 5.82 Å². The molecule has 30 heavy (non-hydrogen) atoms. The summed E-state index contributed by atoms with van der Waals surface area (Å²) in [7, 11) is 0. The number of alkyl halides is 3. The van der Waals surface area contributed by atoms with E-state index in [1.807, 2.05) is 0 Å². The number of ether oxygens (including phenoxy) is 1. The monoisotopic (exact) mass is 413 g/mol. The number of nitrogens with zero attached hydrogens (tertiary/aromatic N) is 3. The van der Waals surface area contributed by atoms with Gasteiger partial charge in [-0.15, -0.1) is 13.2 Å². The summed E-state index contributed by atoms with van der Waals surface area (Å²) in [6.45, 7) is 0. The Kier molecular flexibility index (Phi) is 4.97. The number of halogens is 3. The molecular formula is C20H14F3N5O2. The zero-order chi connectivity index (χ0) is 21.1. The van der Waals surface area contributed by atoms with E-state index in [9.17, 15) is 13.2 Å². The van der Waals surface area contributed by atoms with Gasteiger partial charge in [-0.2, -0.15) is 4.98 Å². The zero-order valence-corrected chi connectivity index (χ0v) is 15.2. The Morgan fingerprint density at radius 3 is 2.37 bits per heavy atom. The van der Waals surface area contributed by atoms with Crippen molar-refractivity contribution in [2.75, 3.05) is 11.1 Å². The molecule has 0 atom stereocenters. The molecule has 0 amide bonds. The molecule has 2 heterocycles. The molecule has 0 radical (unpaired) electrons. The van der Waals surface area contributed by atoms with Gasteiger partial charge in [0, 0.05) is 28.7 Å². The fourth-order valence-corrected chi connectivity index (χ4v) is 2.61. The van der Waals surface area contributed by atoms with E-state index in [2.05, 4.69) is 25.2 Å². The highest BCUT2D eigenvalue weighted by Crippen LogP contribution is 2.27. The van der Waals surface area contributed by atoms with Gasteiger partial charge < -0.3 is 20.3 Å². The molecule has 4 rings (SSSR count). The summed E-state index contributed by atoms with van der Waals surface area (Å²) in [5.74, 6) is 0.852. The second-order valence-electron chi connectivity index (χ2n) is 6.17. The van der Waals surface area contributed by atoms with Crippen molar-refractivity contribution in [3.05, 3.63) is 66.9 Å². The number of anilines is 3. The van der Waals surface area contributed by atoms with Gasteiger partial charge in [0.25, 0.3) is 5.89 Å². The molecule has 152 valence electrons. The second-order valence-corrected chi connectivity index (χ2v) is 6.17. The lowest BCUT2D eigenvalue weighted by molar-refractivity contribution is -0.274. The van der Waals surface area contributed by atoms with Crippen molar-refractivity contribution in [1.82, 2.24) is 15.1 Å². The number of hydrogen-bond acceptors (Lipinski definition) is 7. The largest absolute Gasteiger partial charge is 0.573 e. The molecule has 0 spiro atoms. The summed E-state index contributed by atoms with van der Waals surface area (Å²) in [5, 5.41) is 6.98. The summed E-state index contributed by atoms with van der Waals surface area (Å²) >= 11 is 0. The summed E-state index contributed by atoms with van der Waals surface area (Å²) in [4.78, 5) is 8.57. The lowest BCUT2D eigenvalue weighted by Gasteiger charge is -2.10. The van der Waals surface area contributed by atoms with E-state index in [1.165, 1.54) is 24.3 Å². The van der Waals surface area contributed by atoms with Crippen molar-refractivity contribution in [3.63, 3.8) is 0 Å². The fraction of sp³-hybridized carbons (Fsp3) is 0.0500. The van der Waals surface area contributed by atoms with Crippen LogP contribution in [0.1, 0.15) is 0 Å². The number of rotatable bonds is 5. The van der Waals surface area contributed by atoms with Crippen LogP contribution in [-0.2, 0) is 0 Å². The van der Waals surface area contributed by atoms with Crippen LogP contribution in [0.2, 0.25) is 0 Å². The number of pyridine rings is 1. The van der Waals surface area contributed by atoms with E-state index < -0.39 is 6.36 Å². The highest BCUT2D eigenvalue weighted by molar-refractivity contribution is 5.66. The Labute approximate surface area is 168 Å². The van der Waals surface area contributed by atoms with E-state index in [4.69, 9.17) is 10.3 Å². The van der Waals surface area contributed by atoms with Crippen molar-refractivity contribution in [1.29, 1.82) is 0 Å². The van der Waals surface area contributed by atoms with E-state index in [0.717, 1.165) is 5.56 Å². The van der Waals surface area contributed by atoms with E-state index >= 15 is 0 Å². The lowest BCUT2D eigenvalue weighted by atomic mass is 10.2. The van der Waals surface area contributed by atoms with Gasteiger partial charge in [0.1, 0.15) is 11.6 Å².